The van der Waals surface area contributed by atoms with Crippen LogP contribution < -0.4 is 5.32 Å². The number of nitriles is 1. The Morgan fingerprint density at radius 2 is 1.87 bits per heavy atom. The highest BCUT2D eigenvalue weighted by Gasteiger charge is 2.16. The van der Waals surface area contributed by atoms with E-state index < -0.39 is 11.9 Å². The lowest BCUT2D eigenvalue weighted by molar-refractivity contribution is 0.0698. The van der Waals surface area contributed by atoms with Gasteiger partial charge in [0, 0.05) is 35.1 Å². The van der Waals surface area contributed by atoms with Gasteiger partial charge in [0.25, 0.3) is 5.91 Å². The Morgan fingerprint density at radius 1 is 1.03 bits per heavy atom. The van der Waals surface area contributed by atoms with Crippen LogP contribution in [0.25, 0.3) is 22.0 Å². The molecule has 0 saturated carbocycles. The summed E-state index contributed by atoms with van der Waals surface area (Å²) in [7, 11) is 0. The molecule has 2 aromatic carbocycles. The van der Waals surface area contributed by atoms with Crippen molar-refractivity contribution >= 4 is 28.5 Å². The maximum atomic E-state index is 12.8. The molecule has 30 heavy (non-hydrogen) atoms. The van der Waals surface area contributed by atoms with Crippen molar-refractivity contribution in [3.8, 4) is 17.2 Å². The second-order valence-electron chi connectivity index (χ2n) is 6.47. The Balaban J connectivity index is 1.69. The summed E-state index contributed by atoms with van der Waals surface area (Å²) in [6, 6.07) is 17.2. The Kier molecular flexibility index (Phi) is 4.89. The number of nitrogens with zero attached hydrogens (tertiary/aromatic N) is 3. The third-order valence-corrected chi connectivity index (χ3v) is 4.57. The molecule has 0 spiro atoms. The lowest BCUT2D eigenvalue weighted by Gasteiger charge is -2.10. The number of carbonyl (C=O) groups excluding carboxylic acids is 1. The van der Waals surface area contributed by atoms with Crippen LogP contribution in [0.15, 0.2) is 73.2 Å². The Morgan fingerprint density at radius 3 is 2.67 bits per heavy atom. The molecule has 2 N–H and O–H groups in total. The number of aromatic carboxylic acids is 1. The highest BCUT2D eigenvalue weighted by atomic mass is 16.4. The first-order valence-electron chi connectivity index (χ1n) is 8.95. The molecule has 7 heteroatoms. The molecule has 0 aliphatic carbocycles. The summed E-state index contributed by atoms with van der Waals surface area (Å²) in [4.78, 5) is 32.9. The van der Waals surface area contributed by atoms with Crippen LogP contribution in [0.2, 0.25) is 0 Å². The van der Waals surface area contributed by atoms with Crippen LogP contribution in [-0.4, -0.2) is 27.0 Å². The molecule has 1 amide bonds. The molecule has 0 bridgehead atoms. The molecule has 0 atom stereocenters. The number of benzene rings is 2. The number of carbonyl (C=O) groups is 2. The third kappa shape index (κ3) is 3.57. The van der Waals surface area contributed by atoms with E-state index in [9.17, 15) is 14.7 Å². The van der Waals surface area contributed by atoms with E-state index in [0.29, 0.717) is 5.56 Å². The second kappa shape index (κ2) is 7.81. The third-order valence-electron chi connectivity index (χ3n) is 4.57. The van der Waals surface area contributed by atoms with Crippen molar-refractivity contribution in [2.45, 2.75) is 0 Å². The molecular formula is C23H14N4O3. The average Bonchev–Trinajstić information content (AvgIpc) is 2.78. The number of carboxylic acid groups (broad SMARTS) is 1. The molecule has 2 heterocycles. The predicted molar refractivity (Wildman–Crippen MR) is 111 cm³/mol. The van der Waals surface area contributed by atoms with E-state index in [1.54, 1.807) is 18.5 Å². The van der Waals surface area contributed by atoms with Gasteiger partial charge in [0.15, 0.2) is 0 Å². The quantitative estimate of drug-likeness (QED) is 0.538. The number of pyridine rings is 2. The van der Waals surface area contributed by atoms with Crippen LogP contribution in [-0.2, 0) is 0 Å². The van der Waals surface area contributed by atoms with E-state index in [1.165, 1.54) is 24.4 Å². The van der Waals surface area contributed by atoms with Crippen LogP contribution >= 0.6 is 0 Å². The van der Waals surface area contributed by atoms with Crippen LogP contribution in [0.1, 0.15) is 26.3 Å². The zero-order valence-corrected chi connectivity index (χ0v) is 15.5. The lowest BCUT2D eigenvalue weighted by Crippen LogP contribution is -2.15. The monoisotopic (exact) mass is 394 g/mol. The summed E-state index contributed by atoms with van der Waals surface area (Å²) in [5, 5.41) is 21.9. The van der Waals surface area contributed by atoms with Gasteiger partial charge in [-0.05, 0) is 30.3 Å². The van der Waals surface area contributed by atoms with Gasteiger partial charge in [0.05, 0.1) is 34.0 Å². The fourth-order valence-electron chi connectivity index (χ4n) is 3.14. The van der Waals surface area contributed by atoms with Gasteiger partial charge in [-0.15, -0.1) is 0 Å². The van der Waals surface area contributed by atoms with Crippen LogP contribution in [0, 0.1) is 11.3 Å². The van der Waals surface area contributed by atoms with Gasteiger partial charge in [-0.2, -0.15) is 5.26 Å². The minimum atomic E-state index is -1.24. The smallest absolute Gasteiger partial charge is 0.337 e. The number of hydrogen-bond acceptors (Lipinski definition) is 5. The topological polar surface area (TPSA) is 116 Å². The zero-order valence-electron chi connectivity index (χ0n) is 15.5. The number of anilines is 1. The molecule has 0 aliphatic heterocycles. The SMILES string of the molecule is N#Cc1ccc(NC(=O)c2cncc(-c3cccc4cccnc34)c2)c(C(=O)O)c1. The summed E-state index contributed by atoms with van der Waals surface area (Å²) in [5.41, 5.74) is 2.73. The molecule has 4 aromatic rings. The Bertz CT molecular complexity index is 1340. The fraction of sp³-hybridized carbons (Fsp3) is 0. The van der Waals surface area contributed by atoms with Gasteiger partial charge in [0.2, 0.25) is 0 Å². The summed E-state index contributed by atoms with van der Waals surface area (Å²) in [6.45, 7) is 0. The molecule has 0 aliphatic rings. The van der Waals surface area contributed by atoms with Crippen molar-refractivity contribution in [2.75, 3.05) is 5.32 Å². The van der Waals surface area contributed by atoms with Crippen molar-refractivity contribution in [3.63, 3.8) is 0 Å². The van der Waals surface area contributed by atoms with Crippen molar-refractivity contribution in [1.82, 2.24) is 9.97 Å². The summed E-state index contributed by atoms with van der Waals surface area (Å²) >= 11 is 0. The summed E-state index contributed by atoms with van der Waals surface area (Å²) < 4.78 is 0. The molecule has 144 valence electrons. The minimum Gasteiger partial charge on any atom is -0.478 e. The van der Waals surface area contributed by atoms with Gasteiger partial charge >= 0.3 is 5.97 Å². The van der Waals surface area contributed by atoms with Gasteiger partial charge in [-0.3, -0.25) is 14.8 Å². The average molecular weight is 394 g/mol. The number of rotatable bonds is 4. The molecule has 0 saturated heterocycles. The van der Waals surface area contributed by atoms with Gasteiger partial charge < -0.3 is 10.4 Å². The highest BCUT2D eigenvalue weighted by molar-refractivity contribution is 6.08. The highest BCUT2D eigenvalue weighted by Crippen LogP contribution is 2.27. The van der Waals surface area contributed by atoms with E-state index in [-0.39, 0.29) is 22.4 Å². The number of para-hydroxylation sites is 1. The van der Waals surface area contributed by atoms with E-state index in [4.69, 9.17) is 5.26 Å². The van der Waals surface area contributed by atoms with Crippen molar-refractivity contribution < 1.29 is 14.7 Å². The van der Waals surface area contributed by atoms with Gasteiger partial charge in [0.1, 0.15) is 0 Å². The van der Waals surface area contributed by atoms with Crippen LogP contribution in [0.5, 0.6) is 0 Å². The zero-order chi connectivity index (χ0) is 21.1. The van der Waals surface area contributed by atoms with E-state index in [2.05, 4.69) is 15.3 Å². The van der Waals surface area contributed by atoms with E-state index in [1.807, 2.05) is 36.4 Å². The molecule has 7 nitrogen and oxygen atoms in total. The van der Waals surface area contributed by atoms with E-state index in [0.717, 1.165) is 16.5 Å². The number of hydrogen-bond donors (Lipinski definition) is 2. The summed E-state index contributed by atoms with van der Waals surface area (Å²) in [6.07, 6.45) is 4.75. The van der Waals surface area contributed by atoms with E-state index >= 15 is 0 Å². The number of carboxylic acids is 1. The Hall–Kier alpha value is -4.57. The van der Waals surface area contributed by atoms with Crippen molar-refractivity contribution in [2.24, 2.45) is 0 Å². The van der Waals surface area contributed by atoms with Crippen LogP contribution in [0.4, 0.5) is 5.69 Å². The van der Waals surface area contributed by atoms with Crippen molar-refractivity contribution in [3.05, 3.63) is 89.9 Å². The number of amides is 1. The number of fused-ring (bicyclic) bond motifs is 1. The summed E-state index contributed by atoms with van der Waals surface area (Å²) in [5.74, 6) is -1.75. The first-order chi connectivity index (χ1) is 14.6. The second-order valence-corrected chi connectivity index (χ2v) is 6.47. The standard InChI is InChI=1S/C23H14N4O3/c24-11-14-6-7-20(19(9-14)23(29)30)27-22(28)17-10-16(12-25-13-17)18-5-1-3-15-4-2-8-26-21(15)18/h1-10,12-13H,(H,27,28)(H,29,30). The van der Waals surface area contributed by atoms with Crippen LogP contribution in [0.3, 0.4) is 0 Å². The molecule has 2 aromatic heterocycles. The maximum absolute atomic E-state index is 12.8. The first kappa shape index (κ1) is 18.8. The molecule has 0 unspecified atom stereocenters. The molecule has 0 fully saturated rings. The molecule has 4 rings (SSSR count). The van der Waals surface area contributed by atoms with Gasteiger partial charge in [-0.25, -0.2) is 4.79 Å². The molecular weight excluding hydrogens is 380 g/mol. The maximum Gasteiger partial charge on any atom is 0.337 e. The number of nitrogens with one attached hydrogen (secondary N) is 1. The first-order valence-corrected chi connectivity index (χ1v) is 8.95. The number of aromatic nitrogens is 2. The fourth-order valence-corrected chi connectivity index (χ4v) is 3.14. The Labute approximate surface area is 171 Å². The lowest BCUT2D eigenvalue weighted by atomic mass is 10.0. The predicted octanol–water partition coefficient (Wildman–Crippen LogP) is 4.12. The minimum absolute atomic E-state index is 0.101. The van der Waals surface area contributed by atoms with Gasteiger partial charge in [-0.1, -0.05) is 24.3 Å². The normalized spacial score (nSPS) is 10.4. The van der Waals surface area contributed by atoms with Crippen molar-refractivity contribution in [1.29, 1.82) is 5.26 Å². The largest absolute Gasteiger partial charge is 0.478 e. The molecule has 0 radical (unpaired) electrons.